The van der Waals surface area contributed by atoms with Gasteiger partial charge in [0.1, 0.15) is 18.2 Å². The van der Waals surface area contributed by atoms with Crippen molar-refractivity contribution in [1.82, 2.24) is 0 Å². The Morgan fingerprint density at radius 3 is 2.74 bits per heavy atom. The summed E-state index contributed by atoms with van der Waals surface area (Å²) in [6, 6.07) is 4.36. The molecule has 0 aliphatic rings. The summed E-state index contributed by atoms with van der Waals surface area (Å²) in [5.41, 5.74) is 0.554. The third kappa shape index (κ3) is 7.05. The molecule has 0 radical (unpaired) electrons. The first-order valence-electron chi connectivity index (χ1n) is 6.17. The molecule has 104 valence electrons. The summed E-state index contributed by atoms with van der Waals surface area (Å²) in [5.74, 6) is 6.22. The Bertz CT molecular complexity index is 449. The molecular weight excluding hydrogens is 267 g/mol. The molecule has 0 saturated heterocycles. The Kier molecular flexibility index (Phi) is 7.32. The van der Waals surface area contributed by atoms with Crippen molar-refractivity contribution in [1.29, 1.82) is 0 Å². The Morgan fingerprint density at radius 2 is 2.05 bits per heavy atom. The minimum Gasteiger partial charge on any atom is -0.491 e. The van der Waals surface area contributed by atoms with Gasteiger partial charge in [-0.2, -0.15) is 0 Å². The van der Waals surface area contributed by atoms with Crippen LogP contribution in [0.1, 0.15) is 19.4 Å². The largest absolute Gasteiger partial charge is 0.491 e. The third-order valence-electron chi connectivity index (χ3n) is 2.12. The number of rotatable bonds is 6. The van der Waals surface area contributed by atoms with Gasteiger partial charge in [0, 0.05) is 18.2 Å². The molecule has 0 unspecified atom stereocenters. The lowest BCUT2D eigenvalue weighted by Crippen LogP contribution is -2.10. The average Bonchev–Trinajstić information content (AvgIpc) is 2.35. The van der Waals surface area contributed by atoms with Crippen LogP contribution in [-0.2, 0) is 4.74 Å². The van der Waals surface area contributed by atoms with Gasteiger partial charge in [-0.15, -0.1) is 11.6 Å². The molecule has 2 nitrogen and oxygen atoms in total. The summed E-state index contributed by atoms with van der Waals surface area (Å²) in [6.45, 7) is 5.72. The van der Waals surface area contributed by atoms with Crippen LogP contribution in [0.15, 0.2) is 18.2 Å². The fraction of sp³-hybridized carbons (Fsp3) is 0.467. The normalized spacial score (nSPS) is 10.2. The van der Waals surface area contributed by atoms with E-state index in [1.807, 2.05) is 0 Å². The Balaban J connectivity index is 2.47. The molecule has 0 aliphatic heterocycles. The van der Waals surface area contributed by atoms with Gasteiger partial charge in [-0.25, -0.2) is 4.39 Å². The molecule has 0 saturated carbocycles. The number of hydrogen-bond acceptors (Lipinski definition) is 2. The Hall–Kier alpha value is -1.24. The lowest BCUT2D eigenvalue weighted by atomic mass is 10.2. The van der Waals surface area contributed by atoms with Gasteiger partial charge in [0.25, 0.3) is 0 Å². The highest BCUT2D eigenvalue weighted by molar-refractivity contribution is 6.19. The van der Waals surface area contributed by atoms with E-state index in [4.69, 9.17) is 21.1 Å². The molecule has 0 atom stereocenters. The number of alkyl halides is 1. The summed E-state index contributed by atoms with van der Waals surface area (Å²) >= 11 is 5.46. The van der Waals surface area contributed by atoms with Crippen LogP contribution in [0.25, 0.3) is 0 Å². The maximum Gasteiger partial charge on any atom is 0.128 e. The summed E-state index contributed by atoms with van der Waals surface area (Å²) in [7, 11) is 0. The molecule has 19 heavy (non-hydrogen) atoms. The molecule has 0 fully saturated rings. The Morgan fingerprint density at radius 1 is 1.26 bits per heavy atom. The highest BCUT2D eigenvalue weighted by atomic mass is 35.5. The molecule has 1 rings (SSSR count). The van der Waals surface area contributed by atoms with Gasteiger partial charge >= 0.3 is 0 Å². The minimum atomic E-state index is -0.375. The van der Waals surface area contributed by atoms with Crippen molar-refractivity contribution in [3.8, 4) is 17.6 Å². The van der Waals surface area contributed by atoms with Crippen molar-refractivity contribution in [3.05, 3.63) is 29.6 Å². The lowest BCUT2D eigenvalue weighted by molar-refractivity contribution is 0.0818. The average molecular weight is 285 g/mol. The Labute approximate surface area is 118 Å². The second-order valence-electron chi connectivity index (χ2n) is 4.43. The van der Waals surface area contributed by atoms with Crippen molar-refractivity contribution in [2.45, 2.75) is 13.8 Å². The quantitative estimate of drug-likeness (QED) is 0.452. The zero-order valence-corrected chi connectivity index (χ0v) is 12.0. The van der Waals surface area contributed by atoms with Crippen molar-refractivity contribution >= 4 is 11.6 Å². The first-order valence-corrected chi connectivity index (χ1v) is 6.71. The summed E-state index contributed by atoms with van der Waals surface area (Å²) in [6.07, 6.45) is 0. The van der Waals surface area contributed by atoms with Crippen LogP contribution in [0, 0.1) is 23.6 Å². The second kappa shape index (κ2) is 8.79. The monoisotopic (exact) mass is 284 g/mol. The molecule has 0 spiro atoms. The van der Waals surface area contributed by atoms with Gasteiger partial charge in [-0.1, -0.05) is 25.7 Å². The predicted molar refractivity (Wildman–Crippen MR) is 75.2 cm³/mol. The van der Waals surface area contributed by atoms with E-state index < -0.39 is 0 Å². The zero-order valence-electron chi connectivity index (χ0n) is 11.2. The highest BCUT2D eigenvalue weighted by Crippen LogP contribution is 2.15. The lowest BCUT2D eigenvalue weighted by Gasteiger charge is -2.09. The number of hydrogen-bond donors (Lipinski definition) is 0. The fourth-order valence-corrected chi connectivity index (χ4v) is 1.46. The van der Waals surface area contributed by atoms with Crippen molar-refractivity contribution in [3.63, 3.8) is 0 Å². The molecule has 0 bridgehead atoms. The van der Waals surface area contributed by atoms with E-state index in [2.05, 4.69) is 25.7 Å². The first-order chi connectivity index (χ1) is 9.11. The van der Waals surface area contributed by atoms with E-state index in [1.54, 1.807) is 6.07 Å². The number of halogens is 2. The predicted octanol–water partition coefficient (Wildman–Crippen LogP) is 3.47. The molecule has 1 aromatic rings. The summed E-state index contributed by atoms with van der Waals surface area (Å²) in [5, 5.41) is 0. The van der Waals surface area contributed by atoms with Gasteiger partial charge in [0.05, 0.1) is 12.5 Å². The molecule has 0 aromatic heterocycles. The molecule has 0 N–H and O–H groups in total. The highest BCUT2D eigenvalue weighted by Gasteiger charge is 2.01. The van der Waals surface area contributed by atoms with Crippen LogP contribution in [0.5, 0.6) is 5.75 Å². The van der Waals surface area contributed by atoms with Crippen LogP contribution < -0.4 is 4.74 Å². The van der Waals surface area contributed by atoms with Crippen molar-refractivity contribution < 1.29 is 13.9 Å². The number of benzene rings is 1. The van der Waals surface area contributed by atoms with E-state index in [0.717, 1.165) is 0 Å². The zero-order chi connectivity index (χ0) is 14.1. The summed E-state index contributed by atoms with van der Waals surface area (Å²) < 4.78 is 24.1. The van der Waals surface area contributed by atoms with Gasteiger partial charge < -0.3 is 9.47 Å². The molecule has 1 aromatic carbocycles. The van der Waals surface area contributed by atoms with E-state index in [-0.39, 0.29) is 11.7 Å². The number of ether oxygens (including phenoxy) is 2. The first kappa shape index (κ1) is 15.8. The smallest absolute Gasteiger partial charge is 0.128 e. The second-order valence-corrected chi connectivity index (χ2v) is 4.70. The summed E-state index contributed by atoms with van der Waals surface area (Å²) in [4.78, 5) is 0. The van der Waals surface area contributed by atoms with Crippen LogP contribution in [-0.4, -0.2) is 25.7 Å². The third-order valence-corrected chi connectivity index (χ3v) is 2.25. The molecule has 0 heterocycles. The SMILES string of the molecule is CC(C)COCCOc1cc(F)cc(C#CCCl)c1. The van der Waals surface area contributed by atoms with E-state index in [1.165, 1.54) is 12.1 Å². The standard InChI is InChI=1S/C15H18ClFO2/c1-12(2)11-18-6-7-19-15-9-13(4-3-5-16)8-14(17)10-15/h8-10,12H,5-7,11H2,1-2H3. The van der Waals surface area contributed by atoms with Gasteiger partial charge in [-0.3, -0.25) is 0 Å². The van der Waals surface area contributed by atoms with Crippen LogP contribution in [0.3, 0.4) is 0 Å². The van der Waals surface area contributed by atoms with Crippen LogP contribution in [0.2, 0.25) is 0 Å². The van der Waals surface area contributed by atoms with E-state index >= 15 is 0 Å². The molecular formula is C15H18ClFO2. The topological polar surface area (TPSA) is 18.5 Å². The van der Waals surface area contributed by atoms with E-state index in [9.17, 15) is 4.39 Å². The molecule has 4 heteroatoms. The van der Waals surface area contributed by atoms with Gasteiger partial charge in [-0.05, 0) is 18.1 Å². The maximum absolute atomic E-state index is 13.3. The molecule has 0 aliphatic carbocycles. The fourth-order valence-electron chi connectivity index (χ4n) is 1.39. The van der Waals surface area contributed by atoms with Crippen LogP contribution in [0.4, 0.5) is 4.39 Å². The van der Waals surface area contributed by atoms with Gasteiger partial charge in [0.15, 0.2) is 0 Å². The van der Waals surface area contributed by atoms with Crippen molar-refractivity contribution in [2.75, 3.05) is 25.7 Å². The van der Waals surface area contributed by atoms with Crippen LogP contribution >= 0.6 is 11.6 Å². The van der Waals surface area contributed by atoms with Gasteiger partial charge in [0.2, 0.25) is 0 Å². The molecule has 0 amide bonds. The minimum absolute atomic E-state index is 0.218. The van der Waals surface area contributed by atoms with E-state index in [0.29, 0.717) is 37.1 Å². The maximum atomic E-state index is 13.3. The van der Waals surface area contributed by atoms with Crippen molar-refractivity contribution in [2.24, 2.45) is 5.92 Å².